The second-order valence-corrected chi connectivity index (χ2v) is 6.41. The third-order valence-corrected chi connectivity index (χ3v) is 4.07. The van der Waals surface area contributed by atoms with E-state index in [2.05, 4.69) is 0 Å². The first-order chi connectivity index (χ1) is 11.3. The number of carbonyl (C=O) groups excluding carboxylic acids is 1. The third kappa shape index (κ3) is 4.90. The van der Waals surface area contributed by atoms with Crippen LogP contribution in [0.15, 0.2) is 18.2 Å². The highest BCUT2D eigenvalue weighted by atomic mass is 19.1. The highest BCUT2D eigenvalue weighted by Gasteiger charge is 2.35. The Hall–Kier alpha value is -1.70. The maximum atomic E-state index is 14.1. The van der Waals surface area contributed by atoms with Crippen molar-refractivity contribution >= 4 is 5.91 Å². The minimum atomic E-state index is -1.28. The summed E-state index contributed by atoms with van der Waals surface area (Å²) >= 11 is 0. The molecule has 1 aromatic rings. The van der Waals surface area contributed by atoms with Crippen LogP contribution in [0.1, 0.15) is 12.0 Å². The molecule has 1 saturated heterocycles. The molecular formula is C17H25FN2O4. The van der Waals surface area contributed by atoms with Gasteiger partial charge in [-0.3, -0.25) is 9.69 Å². The normalized spacial score (nSPS) is 22.0. The number of aliphatic hydroxyl groups is 1. The monoisotopic (exact) mass is 340 g/mol. The van der Waals surface area contributed by atoms with Gasteiger partial charge in [-0.2, -0.15) is 0 Å². The summed E-state index contributed by atoms with van der Waals surface area (Å²) in [6.45, 7) is 1.66. The van der Waals surface area contributed by atoms with Gasteiger partial charge in [0.25, 0.3) is 0 Å². The van der Waals surface area contributed by atoms with Crippen LogP contribution in [0, 0.1) is 5.82 Å². The van der Waals surface area contributed by atoms with Crippen LogP contribution in [-0.4, -0.2) is 73.9 Å². The van der Waals surface area contributed by atoms with Gasteiger partial charge in [0.15, 0.2) is 0 Å². The van der Waals surface area contributed by atoms with Crippen LogP contribution < -0.4 is 4.74 Å². The molecule has 24 heavy (non-hydrogen) atoms. The Morgan fingerprint density at radius 2 is 2.25 bits per heavy atom. The topological polar surface area (TPSA) is 62.2 Å². The van der Waals surface area contributed by atoms with Gasteiger partial charge in [0.2, 0.25) is 5.91 Å². The van der Waals surface area contributed by atoms with Crippen molar-refractivity contribution in [2.75, 3.05) is 47.5 Å². The van der Waals surface area contributed by atoms with E-state index in [1.54, 1.807) is 26.2 Å². The average molecular weight is 340 g/mol. The molecular weight excluding hydrogens is 315 g/mol. The summed E-state index contributed by atoms with van der Waals surface area (Å²) in [4.78, 5) is 15.3. The number of nitrogens with zero attached hydrogens (tertiary/aromatic N) is 2. The SMILES string of the molecule is COc1ccc(CN2CCOC[C@](O)(CC(=O)N(C)C)C2)c(F)c1. The lowest BCUT2D eigenvalue weighted by molar-refractivity contribution is -0.136. The molecule has 7 heteroatoms. The Labute approximate surface area is 141 Å². The Kier molecular flexibility index (Phi) is 6.15. The Bertz CT molecular complexity index is 582. The number of methoxy groups -OCH3 is 1. The van der Waals surface area contributed by atoms with E-state index in [1.807, 2.05) is 4.90 Å². The highest BCUT2D eigenvalue weighted by molar-refractivity contribution is 5.76. The molecule has 1 aromatic carbocycles. The van der Waals surface area contributed by atoms with Crippen molar-refractivity contribution < 1.29 is 23.8 Å². The molecule has 0 spiro atoms. The first-order valence-electron chi connectivity index (χ1n) is 7.88. The lowest BCUT2D eigenvalue weighted by Gasteiger charge is -2.31. The molecule has 0 unspecified atom stereocenters. The van der Waals surface area contributed by atoms with Crippen LogP contribution in [0.25, 0.3) is 0 Å². The van der Waals surface area contributed by atoms with Gasteiger partial charge in [-0.15, -0.1) is 0 Å². The molecule has 2 rings (SSSR count). The predicted molar refractivity (Wildman–Crippen MR) is 87.3 cm³/mol. The average Bonchev–Trinajstić information content (AvgIpc) is 2.70. The van der Waals surface area contributed by atoms with Gasteiger partial charge in [0.05, 0.1) is 26.7 Å². The fourth-order valence-corrected chi connectivity index (χ4v) is 2.70. The van der Waals surface area contributed by atoms with Crippen molar-refractivity contribution in [3.8, 4) is 5.75 Å². The van der Waals surface area contributed by atoms with Crippen molar-refractivity contribution in [3.05, 3.63) is 29.6 Å². The summed E-state index contributed by atoms with van der Waals surface area (Å²) in [5.74, 6) is -0.0606. The zero-order valence-corrected chi connectivity index (χ0v) is 14.4. The van der Waals surface area contributed by atoms with Gasteiger partial charge in [-0.25, -0.2) is 4.39 Å². The van der Waals surface area contributed by atoms with Crippen molar-refractivity contribution in [3.63, 3.8) is 0 Å². The maximum absolute atomic E-state index is 14.1. The second kappa shape index (κ2) is 7.92. The van der Waals surface area contributed by atoms with Crippen LogP contribution in [0.3, 0.4) is 0 Å². The number of benzene rings is 1. The molecule has 0 bridgehead atoms. The van der Waals surface area contributed by atoms with Gasteiger partial charge in [0, 0.05) is 45.4 Å². The molecule has 1 aliphatic rings. The molecule has 1 heterocycles. The summed E-state index contributed by atoms with van der Waals surface area (Å²) in [5, 5.41) is 10.7. The first-order valence-corrected chi connectivity index (χ1v) is 7.88. The first kappa shape index (κ1) is 18.6. The van der Waals surface area contributed by atoms with Gasteiger partial charge in [-0.1, -0.05) is 6.07 Å². The molecule has 0 aromatic heterocycles. The Morgan fingerprint density at radius 3 is 2.88 bits per heavy atom. The Balaban J connectivity index is 2.08. The quantitative estimate of drug-likeness (QED) is 0.862. The molecule has 0 aliphatic carbocycles. The summed E-state index contributed by atoms with van der Waals surface area (Å²) in [6, 6.07) is 4.71. The zero-order chi connectivity index (χ0) is 17.7. The van der Waals surface area contributed by atoms with E-state index in [-0.39, 0.29) is 31.3 Å². The molecule has 134 valence electrons. The second-order valence-electron chi connectivity index (χ2n) is 6.41. The van der Waals surface area contributed by atoms with Gasteiger partial charge in [0.1, 0.15) is 17.2 Å². The number of amides is 1. The lowest BCUT2D eigenvalue weighted by atomic mass is 9.99. The van der Waals surface area contributed by atoms with Crippen molar-refractivity contribution in [1.29, 1.82) is 0 Å². The van der Waals surface area contributed by atoms with E-state index in [1.165, 1.54) is 18.1 Å². The molecule has 0 saturated carbocycles. The van der Waals surface area contributed by atoms with Crippen LogP contribution in [0.2, 0.25) is 0 Å². The van der Waals surface area contributed by atoms with E-state index < -0.39 is 5.60 Å². The zero-order valence-electron chi connectivity index (χ0n) is 14.4. The number of hydrogen-bond donors (Lipinski definition) is 1. The number of hydrogen-bond acceptors (Lipinski definition) is 5. The van der Waals surface area contributed by atoms with Gasteiger partial charge in [-0.05, 0) is 6.07 Å². The highest BCUT2D eigenvalue weighted by Crippen LogP contribution is 2.22. The third-order valence-electron chi connectivity index (χ3n) is 4.07. The molecule has 1 fully saturated rings. The maximum Gasteiger partial charge on any atom is 0.225 e. The fourth-order valence-electron chi connectivity index (χ4n) is 2.70. The fraction of sp³-hybridized carbons (Fsp3) is 0.588. The van der Waals surface area contributed by atoms with E-state index in [0.29, 0.717) is 31.0 Å². The standard InChI is InChI=1S/C17H25FN2O4/c1-19(2)16(21)9-17(22)11-20(6-7-24-12-17)10-13-4-5-14(23-3)8-15(13)18/h4-5,8,22H,6-7,9-12H2,1-3H3/t17-/m0/s1. The minimum absolute atomic E-state index is 0.0262. The summed E-state index contributed by atoms with van der Waals surface area (Å²) in [5.41, 5.74) is -0.764. The number of halogens is 1. The number of ether oxygens (including phenoxy) is 2. The van der Waals surface area contributed by atoms with E-state index in [9.17, 15) is 14.3 Å². The summed E-state index contributed by atoms with van der Waals surface area (Å²) < 4.78 is 24.6. The van der Waals surface area contributed by atoms with Crippen LogP contribution in [-0.2, 0) is 16.1 Å². The largest absolute Gasteiger partial charge is 0.497 e. The van der Waals surface area contributed by atoms with E-state index >= 15 is 0 Å². The molecule has 1 aliphatic heterocycles. The van der Waals surface area contributed by atoms with Gasteiger partial charge < -0.3 is 19.5 Å². The van der Waals surface area contributed by atoms with Crippen molar-refractivity contribution in [1.82, 2.24) is 9.80 Å². The van der Waals surface area contributed by atoms with E-state index in [4.69, 9.17) is 9.47 Å². The van der Waals surface area contributed by atoms with E-state index in [0.717, 1.165) is 0 Å². The molecule has 1 N–H and O–H groups in total. The number of carbonyl (C=O) groups is 1. The molecule has 6 nitrogen and oxygen atoms in total. The van der Waals surface area contributed by atoms with Crippen LogP contribution in [0.4, 0.5) is 4.39 Å². The van der Waals surface area contributed by atoms with Crippen molar-refractivity contribution in [2.45, 2.75) is 18.6 Å². The Morgan fingerprint density at radius 1 is 1.50 bits per heavy atom. The smallest absolute Gasteiger partial charge is 0.225 e. The van der Waals surface area contributed by atoms with Gasteiger partial charge >= 0.3 is 0 Å². The number of rotatable bonds is 5. The summed E-state index contributed by atoms with van der Waals surface area (Å²) in [7, 11) is 4.78. The molecule has 0 radical (unpaired) electrons. The van der Waals surface area contributed by atoms with Crippen molar-refractivity contribution in [2.24, 2.45) is 0 Å². The molecule has 1 atom stereocenters. The summed E-state index contributed by atoms with van der Waals surface area (Å²) in [6.07, 6.45) is -0.0262. The number of β-amino-alcohol motifs (C(OH)–C–C–N with tert-alkyl or cyclic N) is 1. The minimum Gasteiger partial charge on any atom is -0.497 e. The lowest BCUT2D eigenvalue weighted by Crippen LogP contribution is -2.47. The molecule has 1 amide bonds. The predicted octanol–water partition coefficient (Wildman–Crippen LogP) is 0.876. The van der Waals surface area contributed by atoms with Crippen LogP contribution in [0.5, 0.6) is 5.75 Å². The van der Waals surface area contributed by atoms with Crippen LogP contribution >= 0.6 is 0 Å².